The van der Waals surface area contributed by atoms with Crippen LogP contribution in [-0.2, 0) is 0 Å². The van der Waals surface area contributed by atoms with E-state index in [-0.39, 0.29) is 0 Å². The van der Waals surface area contributed by atoms with Gasteiger partial charge >= 0.3 is 0 Å². The maximum Gasteiger partial charge on any atom is 0.0345 e. The molecular weight excluding hydrogens is 232 g/mol. The van der Waals surface area contributed by atoms with Gasteiger partial charge in [-0.1, -0.05) is 40.0 Å². The van der Waals surface area contributed by atoms with Crippen LogP contribution in [0.3, 0.4) is 0 Å². The van der Waals surface area contributed by atoms with E-state index in [1.807, 2.05) is 0 Å². The number of rotatable bonds is 4. The average Bonchev–Trinajstić information content (AvgIpc) is 2.84. The molecule has 17 heavy (non-hydrogen) atoms. The molecule has 2 nitrogen and oxygen atoms in total. The second-order valence-corrected chi connectivity index (χ2v) is 8.46. The highest BCUT2D eigenvalue weighted by Crippen LogP contribution is 2.41. The quantitative estimate of drug-likeness (QED) is 0.714. The highest BCUT2D eigenvalue weighted by Gasteiger charge is 2.29. The Labute approximate surface area is 110 Å². The Hall–Kier alpha value is 0.270. The van der Waals surface area contributed by atoms with Crippen molar-refractivity contribution in [2.75, 3.05) is 11.5 Å². The van der Waals surface area contributed by atoms with Gasteiger partial charge in [-0.15, -0.1) is 0 Å². The zero-order valence-corrected chi connectivity index (χ0v) is 13.1. The summed E-state index contributed by atoms with van der Waals surface area (Å²) in [5.41, 5.74) is 0.622. The summed E-state index contributed by atoms with van der Waals surface area (Å²) in [6.07, 6.45) is 7.28. The van der Waals surface area contributed by atoms with Crippen molar-refractivity contribution in [3.05, 3.63) is 0 Å². The van der Waals surface area contributed by atoms with Crippen molar-refractivity contribution in [1.82, 2.24) is 0 Å². The third-order valence-electron chi connectivity index (χ3n) is 4.30. The van der Waals surface area contributed by atoms with Gasteiger partial charge in [-0.3, -0.25) is 9.11 Å². The molecule has 1 saturated carbocycles. The molecule has 0 spiro atoms. The lowest BCUT2D eigenvalue weighted by molar-refractivity contribution is 0.208. The van der Waals surface area contributed by atoms with Crippen molar-refractivity contribution in [1.29, 1.82) is 0 Å². The number of hydrogen-bond donors (Lipinski definition) is 2. The molecule has 3 heteroatoms. The predicted molar refractivity (Wildman–Crippen MR) is 80.0 cm³/mol. The first-order valence-electron chi connectivity index (χ1n) is 7.02. The Morgan fingerprint density at radius 3 is 1.65 bits per heavy atom. The van der Waals surface area contributed by atoms with Crippen molar-refractivity contribution in [3.8, 4) is 0 Å². The van der Waals surface area contributed by atoms with Crippen molar-refractivity contribution in [2.24, 2.45) is 11.3 Å². The van der Waals surface area contributed by atoms with E-state index in [1.165, 1.54) is 32.1 Å². The molecule has 106 valence electrons. The maximum atomic E-state index is 8.77. The summed E-state index contributed by atoms with van der Waals surface area (Å²) >= 11 is 0. The van der Waals surface area contributed by atoms with E-state index in [9.17, 15) is 0 Å². The van der Waals surface area contributed by atoms with Gasteiger partial charge in [0.05, 0.1) is 0 Å². The van der Waals surface area contributed by atoms with E-state index in [2.05, 4.69) is 20.8 Å². The molecule has 0 unspecified atom stereocenters. The van der Waals surface area contributed by atoms with Gasteiger partial charge in [0, 0.05) is 11.5 Å². The maximum absolute atomic E-state index is 8.77. The first-order valence-corrected chi connectivity index (χ1v) is 8.91. The molecule has 0 amide bonds. The van der Waals surface area contributed by atoms with Crippen LogP contribution in [0, 0.1) is 11.3 Å². The molecule has 2 N–H and O–H groups in total. The Kier molecular flexibility index (Phi) is 7.77. The molecule has 0 aliphatic heterocycles. The SMILES string of the molecule is CCC(C)(C)C1CCCC1.CCS(O)(O)CC. The van der Waals surface area contributed by atoms with Crippen LogP contribution in [0.1, 0.15) is 66.7 Å². The van der Waals surface area contributed by atoms with E-state index in [0.29, 0.717) is 16.9 Å². The highest BCUT2D eigenvalue weighted by atomic mass is 32.3. The summed E-state index contributed by atoms with van der Waals surface area (Å²) in [7, 11) is -2.16. The van der Waals surface area contributed by atoms with Crippen LogP contribution in [0.15, 0.2) is 0 Å². The molecule has 1 aliphatic rings. The third-order valence-corrected chi connectivity index (χ3v) is 6.15. The summed E-state index contributed by atoms with van der Waals surface area (Å²) in [5.74, 6) is 2.00. The van der Waals surface area contributed by atoms with E-state index < -0.39 is 10.6 Å². The lowest BCUT2D eigenvalue weighted by Crippen LogP contribution is -2.20. The molecule has 0 radical (unpaired) electrons. The van der Waals surface area contributed by atoms with Gasteiger partial charge in [-0.25, -0.2) is 0 Å². The van der Waals surface area contributed by atoms with Gasteiger partial charge < -0.3 is 0 Å². The fraction of sp³-hybridized carbons (Fsp3) is 1.00. The van der Waals surface area contributed by atoms with E-state index in [0.717, 1.165) is 5.92 Å². The van der Waals surface area contributed by atoms with E-state index >= 15 is 0 Å². The van der Waals surface area contributed by atoms with Crippen LogP contribution in [0.5, 0.6) is 0 Å². The van der Waals surface area contributed by atoms with Crippen LogP contribution in [0.4, 0.5) is 0 Å². The summed E-state index contributed by atoms with van der Waals surface area (Å²) in [6.45, 7) is 10.7. The second kappa shape index (κ2) is 7.65. The van der Waals surface area contributed by atoms with Crippen LogP contribution in [-0.4, -0.2) is 20.6 Å². The van der Waals surface area contributed by atoms with Crippen molar-refractivity contribution >= 4 is 10.6 Å². The first-order chi connectivity index (χ1) is 7.79. The van der Waals surface area contributed by atoms with Crippen molar-refractivity contribution in [2.45, 2.75) is 66.7 Å². The molecule has 1 rings (SSSR count). The first kappa shape index (κ1) is 17.3. The van der Waals surface area contributed by atoms with Gasteiger partial charge in [-0.2, -0.15) is 10.6 Å². The molecule has 0 saturated heterocycles. The van der Waals surface area contributed by atoms with E-state index in [1.54, 1.807) is 13.8 Å². The Balaban J connectivity index is 0.000000325. The fourth-order valence-electron chi connectivity index (χ4n) is 2.20. The summed E-state index contributed by atoms with van der Waals surface area (Å²) in [6, 6.07) is 0. The molecule has 1 fully saturated rings. The highest BCUT2D eigenvalue weighted by molar-refractivity contribution is 8.24. The predicted octanol–water partition coefficient (Wildman–Crippen LogP) is 5.39. The third kappa shape index (κ3) is 6.68. The monoisotopic (exact) mass is 264 g/mol. The molecule has 0 aromatic rings. The molecule has 0 bridgehead atoms. The lowest BCUT2D eigenvalue weighted by atomic mass is 9.76. The normalized spacial score (nSPS) is 18.8. The molecule has 0 aromatic heterocycles. The van der Waals surface area contributed by atoms with Crippen LogP contribution in [0.25, 0.3) is 0 Å². The van der Waals surface area contributed by atoms with Crippen molar-refractivity contribution in [3.63, 3.8) is 0 Å². The summed E-state index contributed by atoms with van der Waals surface area (Å²) in [4.78, 5) is 0. The van der Waals surface area contributed by atoms with Gasteiger partial charge in [0.25, 0.3) is 0 Å². The molecule has 1 aliphatic carbocycles. The summed E-state index contributed by atoms with van der Waals surface area (Å²) in [5, 5.41) is 0. The molecular formula is C14H32O2S. The zero-order chi connectivity index (χ0) is 13.5. The molecule has 0 aromatic carbocycles. The Bertz CT molecular complexity index is 190. The average molecular weight is 264 g/mol. The van der Waals surface area contributed by atoms with Crippen molar-refractivity contribution < 1.29 is 9.11 Å². The Morgan fingerprint density at radius 1 is 1.00 bits per heavy atom. The lowest BCUT2D eigenvalue weighted by Gasteiger charge is -2.30. The number of hydrogen-bond acceptors (Lipinski definition) is 2. The molecule has 0 heterocycles. The van der Waals surface area contributed by atoms with Gasteiger partial charge in [0.2, 0.25) is 0 Å². The van der Waals surface area contributed by atoms with Crippen LogP contribution in [0.2, 0.25) is 0 Å². The topological polar surface area (TPSA) is 40.5 Å². The summed E-state index contributed by atoms with van der Waals surface area (Å²) < 4.78 is 17.5. The zero-order valence-electron chi connectivity index (χ0n) is 12.3. The van der Waals surface area contributed by atoms with Gasteiger partial charge in [0.1, 0.15) is 0 Å². The minimum absolute atomic E-state index is 0.490. The van der Waals surface area contributed by atoms with Crippen LogP contribution < -0.4 is 0 Å². The van der Waals surface area contributed by atoms with Gasteiger partial charge in [0.15, 0.2) is 0 Å². The largest absolute Gasteiger partial charge is 0.299 e. The molecule has 0 atom stereocenters. The van der Waals surface area contributed by atoms with E-state index in [4.69, 9.17) is 9.11 Å². The second-order valence-electron chi connectivity index (χ2n) is 5.70. The minimum Gasteiger partial charge on any atom is -0.299 e. The Morgan fingerprint density at radius 2 is 1.41 bits per heavy atom. The smallest absolute Gasteiger partial charge is 0.0345 e. The van der Waals surface area contributed by atoms with Gasteiger partial charge in [-0.05, 0) is 38.0 Å². The minimum atomic E-state index is -2.16. The van der Waals surface area contributed by atoms with Crippen LogP contribution >= 0.6 is 10.6 Å². The standard InChI is InChI=1S/C10H20.C4H12O2S/c1-4-10(2,3)9-7-5-6-8-9;1-3-7(5,6)4-2/h9H,4-8H2,1-3H3;5-6H,3-4H2,1-2H3. The fourth-order valence-corrected chi connectivity index (χ4v) is 2.61.